The van der Waals surface area contributed by atoms with E-state index in [9.17, 15) is 19.2 Å². The summed E-state index contributed by atoms with van der Waals surface area (Å²) in [5, 5.41) is 8.05. The van der Waals surface area contributed by atoms with E-state index in [1.165, 1.54) is 0 Å². The standard InChI is InChI=1S/C19H23N5O5/c1-10-5-6-11-14(15(10)20)17(27)24(22-21-11)12-7-8-13(25)23(16(12)26)9-29-18(28)19(2,3)4/h5-6,12H,7-9,20H2,1-4H3. The van der Waals surface area contributed by atoms with Crippen LogP contribution in [-0.2, 0) is 19.1 Å². The summed E-state index contributed by atoms with van der Waals surface area (Å²) in [6.45, 7) is 6.23. The van der Waals surface area contributed by atoms with E-state index in [0.29, 0.717) is 11.1 Å². The minimum absolute atomic E-state index is 0.00106. The van der Waals surface area contributed by atoms with Gasteiger partial charge in [0.2, 0.25) is 5.91 Å². The number of carbonyl (C=O) groups excluding carboxylic acids is 3. The number of nitrogens with zero attached hydrogens (tertiary/aromatic N) is 4. The van der Waals surface area contributed by atoms with Gasteiger partial charge in [-0.3, -0.25) is 19.2 Å². The van der Waals surface area contributed by atoms with Gasteiger partial charge in [0.25, 0.3) is 11.5 Å². The number of amides is 2. The first-order valence-corrected chi connectivity index (χ1v) is 9.18. The molecule has 1 aliphatic heterocycles. The van der Waals surface area contributed by atoms with Gasteiger partial charge in [-0.1, -0.05) is 11.3 Å². The van der Waals surface area contributed by atoms with E-state index in [1.807, 2.05) is 0 Å². The zero-order valence-corrected chi connectivity index (χ0v) is 16.8. The number of likely N-dealkylation sites (tertiary alicyclic amines) is 1. The van der Waals surface area contributed by atoms with Gasteiger partial charge in [-0.05, 0) is 45.7 Å². The van der Waals surface area contributed by atoms with Gasteiger partial charge in [0.05, 0.1) is 10.8 Å². The van der Waals surface area contributed by atoms with E-state index >= 15 is 0 Å². The van der Waals surface area contributed by atoms with Crippen molar-refractivity contribution in [3.05, 3.63) is 28.0 Å². The molecule has 1 aromatic heterocycles. The van der Waals surface area contributed by atoms with Crippen LogP contribution in [0.3, 0.4) is 0 Å². The lowest BCUT2D eigenvalue weighted by Gasteiger charge is -2.30. The topological polar surface area (TPSA) is 137 Å². The maximum Gasteiger partial charge on any atom is 0.312 e. The SMILES string of the molecule is Cc1ccc2nnn(C3CCC(=O)N(COC(=O)C(C)(C)C)C3=O)c(=O)c2c1N. The molecule has 154 valence electrons. The molecule has 2 heterocycles. The number of anilines is 1. The van der Waals surface area contributed by atoms with E-state index in [0.717, 1.165) is 9.58 Å². The highest BCUT2D eigenvalue weighted by Crippen LogP contribution is 2.25. The predicted molar refractivity (Wildman–Crippen MR) is 103 cm³/mol. The van der Waals surface area contributed by atoms with E-state index in [4.69, 9.17) is 10.5 Å². The summed E-state index contributed by atoms with van der Waals surface area (Å²) in [5.74, 6) is -1.71. The van der Waals surface area contributed by atoms with Crippen molar-refractivity contribution < 1.29 is 19.1 Å². The summed E-state index contributed by atoms with van der Waals surface area (Å²) < 4.78 is 6.06. The highest BCUT2D eigenvalue weighted by atomic mass is 16.5. The Labute approximate surface area is 166 Å². The molecule has 0 spiro atoms. The first-order chi connectivity index (χ1) is 13.5. The molecule has 2 amide bonds. The van der Waals surface area contributed by atoms with Crippen molar-refractivity contribution in [3.8, 4) is 0 Å². The summed E-state index contributed by atoms with van der Waals surface area (Å²) >= 11 is 0. The number of piperidine rings is 1. The van der Waals surface area contributed by atoms with Gasteiger partial charge < -0.3 is 10.5 Å². The molecule has 1 aliphatic rings. The Bertz CT molecular complexity index is 1070. The Hall–Kier alpha value is -3.30. The quantitative estimate of drug-likeness (QED) is 0.455. The van der Waals surface area contributed by atoms with Gasteiger partial charge in [0, 0.05) is 12.1 Å². The van der Waals surface area contributed by atoms with Crippen molar-refractivity contribution in [1.82, 2.24) is 19.9 Å². The lowest BCUT2D eigenvalue weighted by Crippen LogP contribution is -2.49. The number of esters is 1. The van der Waals surface area contributed by atoms with Crippen LogP contribution in [0.5, 0.6) is 0 Å². The summed E-state index contributed by atoms with van der Waals surface area (Å²) in [6.07, 6.45) is 0.0894. The first-order valence-electron chi connectivity index (χ1n) is 9.18. The summed E-state index contributed by atoms with van der Waals surface area (Å²) in [5.41, 5.74) is 5.99. The second-order valence-corrected chi connectivity index (χ2v) is 8.05. The molecule has 0 bridgehead atoms. The highest BCUT2D eigenvalue weighted by Gasteiger charge is 2.38. The largest absolute Gasteiger partial charge is 0.443 e. The molecule has 1 aromatic carbocycles. The summed E-state index contributed by atoms with van der Waals surface area (Å²) in [4.78, 5) is 50.9. The summed E-state index contributed by atoms with van der Waals surface area (Å²) in [7, 11) is 0. The fourth-order valence-electron chi connectivity index (χ4n) is 3.00. The number of hydrogen-bond acceptors (Lipinski definition) is 8. The number of rotatable bonds is 3. The molecular weight excluding hydrogens is 378 g/mol. The molecule has 3 rings (SSSR count). The summed E-state index contributed by atoms with van der Waals surface area (Å²) in [6, 6.07) is 2.32. The van der Waals surface area contributed by atoms with Crippen LogP contribution in [0.15, 0.2) is 16.9 Å². The Morgan fingerprint density at radius 3 is 2.62 bits per heavy atom. The molecule has 10 heteroatoms. The van der Waals surface area contributed by atoms with Crippen LogP contribution in [0.4, 0.5) is 5.69 Å². The molecule has 1 saturated heterocycles. The number of hydrogen-bond donors (Lipinski definition) is 1. The van der Waals surface area contributed by atoms with Crippen molar-refractivity contribution in [2.24, 2.45) is 5.41 Å². The van der Waals surface area contributed by atoms with Crippen LogP contribution in [0.1, 0.15) is 45.2 Å². The minimum atomic E-state index is -1.04. The van der Waals surface area contributed by atoms with Crippen LogP contribution in [0, 0.1) is 12.3 Å². The van der Waals surface area contributed by atoms with Crippen LogP contribution in [0.2, 0.25) is 0 Å². The second kappa shape index (κ2) is 7.26. The van der Waals surface area contributed by atoms with Gasteiger partial charge in [0.15, 0.2) is 6.73 Å². The Balaban J connectivity index is 1.93. The number of fused-ring (bicyclic) bond motifs is 1. The number of carbonyl (C=O) groups is 3. The molecule has 2 N–H and O–H groups in total. The lowest BCUT2D eigenvalue weighted by molar-refractivity contribution is -0.168. The fraction of sp³-hybridized carbons (Fsp3) is 0.474. The van der Waals surface area contributed by atoms with Gasteiger partial charge in [-0.15, -0.1) is 5.10 Å². The molecule has 1 unspecified atom stereocenters. The van der Waals surface area contributed by atoms with E-state index < -0.39 is 41.5 Å². The number of aryl methyl sites for hydroxylation is 1. The van der Waals surface area contributed by atoms with E-state index in [-0.39, 0.29) is 23.9 Å². The average molecular weight is 401 g/mol. The van der Waals surface area contributed by atoms with Gasteiger partial charge in [-0.25, -0.2) is 4.90 Å². The Morgan fingerprint density at radius 1 is 1.28 bits per heavy atom. The molecule has 0 aliphatic carbocycles. The lowest BCUT2D eigenvalue weighted by atomic mass is 9.97. The average Bonchev–Trinajstić information content (AvgIpc) is 2.64. The zero-order valence-electron chi connectivity index (χ0n) is 16.8. The molecule has 2 aromatic rings. The third kappa shape index (κ3) is 3.69. The molecule has 10 nitrogen and oxygen atoms in total. The molecule has 29 heavy (non-hydrogen) atoms. The van der Waals surface area contributed by atoms with Crippen molar-refractivity contribution in [3.63, 3.8) is 0 Å². The predicted octanol–water partition coefficient (Wildman–Crippen LogP) is 0.919. The maximum atomic E-state index is 13.0. The van der Waals surface area contributed by atoms with Gasteiger partial charge >= 0.3 is 5.97 Å². The first kappa shape index (κ1) is 20.4. The fourth-order valence-corrected chi connectivity index (χ4v) is 3.00. The van der Waals surface area contributed by atoms with Crippen molar-refractivity contribution in [2.75, 3.05) is 12.5 Å². The monoisotopic (exact) mass is 401 g/mol. The minimum Gasteiger partial charge on any atom is -0.443 e. The number of benzene rings is 1. The maximum absolute atomic E-state index is 13.0. The number of ether oxygens (including phenoxy) is 1. The van der Waals surface area contributed by atoms with Crippen molar-refractivity contribution >= 4 is 34.4 Å². The molecule has 1 fully saturated rings. The molecule has 0 saturated carbocycles. The number of nitrogens with two attached hydrogens (primary N) is 1. The van der Waals surface area contributed by atoms with Gasteiger partial charge in [-0.2, -0.15) is 4.68 Å². The molecular formula is C19H23N5O5. The third-order valence-corrected chi connectivity index (χ3v) is 4.83. The highest BCUT2D eigenvalue weighted by molar-refractivity contribution is 5.99. The van der Waals surface area contributed by atoms with Crippen molar-refractivity contribution in [2.45, 2.75) is 46.6 Å². The number of imide groups is 1. The molecule has 1 atom stereocenters. The van der Waals surface area contributed by atoms with Crippen molar-refractivity contribution in [1.29, 1.82) is 0 Å². The van der Waals surface area contributed by atoms with E-state index in [2.05, 4.69) is 10.3 Å². The van der Waals surface area contributed by atoms with Crippen LogP contribution >= 0.6 is 0 Å². The third-order valence-electron chi connectivity index (χ3n) is 4.83. The number of aromatic nitrogens is 3. The molecule has 0 radical (unpaired) electrons. The van der Waals surface area contributed by atoms with Crippen LogP contribution in [0.25, 0.3) is 10.9 Å². The van der Waals surface area contributed by atoms with Gasteiger partial charge in [0.1, 0.15) is 11.6 Å². The Kier molecular flexibility index (Phi) is 5.12. The second-order valence-electron chi connectivity index (χ2n) is 8.05. The Morgan fingerprint density at radius 2 is 1.97 bits per heavy atom. The zero-order chi connectivity index (χ0) is 21.5. The van der Waals surface area contributed by atoms with Crippen LogP contribution in [-0.4, -0.2) is 44.4 Å². The normalized spacial score (nSPS) is 17.7. The smallest absolute Gasteiger partial charge is 0.312 e. The van der Waals surface area contributed by atoms with Crippen LogP contribution < -0.4 is 11.3 Å². The van der Waals surface area contributed by atoms with E-state index in [1.54, 1.807) is 39.8 Å². The number of nitrogen functional groups attached to an aromatic ring is 1.